The van der Waals surface area contributed by atoms with Gasteiger partial charge in [-0.2, -0.15) is 8.42 Å². The molecule has 1 aromatic heterocycles. The van der Waals surface area contributed by atoms with Crippen molar-refractivity contribution in [2.45, 2.75) is 33.6 Å². The lowest BCUT2D eigenvalue weighted by Gasteiger charge is -2.16. The van der Waals surface area contributed by atoms with Crippen molar-refractivity contribution in [3.8, 4) is 28.1 Å². The number of anilines is 1. The molecule has 0 spiro atoms. The number of nitrogens with zero attached hydrogens (tertiary/aromatic N) is 3. The van der Waals surface area contributed by atoms with Gasteiger partial charge in [-0.3, -0.25) is 4.79 Å². The Kier molecular flexibility index (Phi) is 9.03. The van der Waals surface area contributed by atoms with Crippen LogP contribution in [0.25, 0.3) is 34.1 Å². The lowest BCUT2D eigenvalue weighted by molar-refractivity contribution is -0.117. The molecular formula is C37H34Cl2N4O3S. The van der Waals surface area contributed by atoms with E-state index in [1.165, 1.54) is 5.56 Å². The van der Waals surface area contributed by atoms with Crippen LogP contribution in [0.4, 0.5) is 5.69 Å². The summed E-state index contributed by atoms with van der Waals surface area (Å²) in [7, 11) is -3.96. The van der Waals surface area contributed by atoms with E-state index in [2.05, 4.69) is 81.5 Å². The van der Waals surface area contributed by atoms with E-state index in [0.717, 1.165) is 38.8 Å². The van der Waals surface area contributed by atoms with Crippen molar-refractivity contribution in [1.29, 1.82) is 0 Å². The molecule has 4 aromatic carbocycles. The molecule has 1 aliphatic heterocycles. The third kappa shape index (κ3) is 7.62. The summed E-state index contributed by atoms with van der Waals surface area (Å²) in [6.45, 7) is 6.41. The molecule has 1 N–H and O–H groups in total. The topological polar surface area (TPSA) is 84.3 Å². The molecule has 47 heavy (non-hydrogen) atoms. The zero-order chi connectivity index (χ0) is 33.3. The highest BCUT2D eigenvalue weighted by Gasteiger charge is 2.34. The highest BCUT2D eigenvalue weighted by Crippen LogP contribution is 2.33. The summed E-state index contributed by atoms with van der Waals surface area (Å²) in [5.74, 6) is 0.145. The molecule has 1 fully saturated rings. The normalized spacial score (nSPS) is 14.6. The zero-order valence-electron chi connectivity index (χ0n) is 26.2. The Labute approximate surface area is 285 Å². The predicted octanol–water partition coefficient (Wildman–Crippen LogP) is 8.73. The quantitative estimate of drug-likeness (QED) is 0.177. The Balaban J connectivity index is 1.30. The third-order valence-corrected chi connectivity index (χ3v) is 9.76. The minimum absolute atomic E-state index is 0.264. The largest absolute Gasteiger partial charge is 0.326 e. The maximum absolute atomic E-state index is 12.6. The minimum Gasteiger partial charge on any atom is -0.303 e. The molecule has 10 heteroatoms. The van der Waals surface area contributed by atoms with Crippen molar-refractivity contribution in [2.75, 3.05) is 10.8 Å². The molecule has 1 amide bonds. The predicted molar refractivity (Wildman–Crippen MR) is 191 cm³/mol. The van der Waals surface area contributed by atoms with Crippen molar-refractivity contribution < 1.29 is 13.2 Å². The second kappa shape index (κ2) is 13.0. The van der Waals surface area contributed by atoms with E-state index in [1.807, 2.05) is 27.6 Å². The van der Waals surface area contributed by atoms with Gasteiger partial charge in [-0.05, 0) is 70.5 Å². The van der Waals surface area contributed by atoms with E-state index in [0.29, 0.717) is 33.5 Å². The van der Waals surface area contributed by atoms with E-state index in [-0.39, 0.29) is 12.0 Å². The summed E-state index contributed by atoms with van der Waals surface area (Å²) in [5, 5.41) is 0.989. The van der Waals surface area contributed by atoms with Crippen LogP contribution < -0.4 is 9.03 Å². The molecule has 0 aliphatic carbocycles. The number of imidazole rings is 1. The number of allylic oxidation sites excluding steroid dienone is 1. The van der Waals surface area contributed by atoms with Crippen LogP contribution in [0.15, 0.2) is 103 Å². The molecule has 7 nitrogen and oxygen atoms in total. The van der Waals surface area contributed by atoms with Crippen LogP contribution in [-0.4, -0.2) is 30.4 Å². The van der Waals surface area contributed by atoms with Gasteiger partial charge in [-0.15, -0.1) is 0 Å². The number of benzene rings is 4. The van der Waals surface area contributed by atoms with E-state index >= 15 is 0 Å². The summed E-state index contributed by atoms with van der Waals surface area (Å²) in [5.41, 5.74) is 7.14. The Morgan fingerprint density at radius 2 is 1.57 bits per heavy atom. The first kappa shape index (κ1) is 32.6. The molecule has 240 valence electrons. The molecule has 1 saturated heterocycles. The second-order valence-corrected chi connectivity index (χ2v) is 15.2. The van der Waals surface area contributed by atoms with Crippen LogP contribution in [-0.2, 0) is 21.4 Å². The van der Waals surface area contributed by atoms with Crippen molar-refractivity contribution in [3.63, 3.8) is 0 Å². The van der Waals surface area contributed by atoms with Crippen LogP contribution in [0.2, 0.25) is 10.0 Å². The summed E-state index contributed by atoms with van der Waals surface area (Å²) in [6, 6.07) is 29.2. The van der Waals surface area contributed by atoms with Gasteiger partial charge < -0.3 is 4.57 Å². The number of rotatable bonds is 8. The number of halogens is 2. The third-order valence-electron chi connectivity index (χ3n) is 7.80. The van der Waals surface area contributed by atoms with E-state index in [9.17, 15) is 13.2 Å². The fraction of sp³-hybridized carbons (Fsp3) is 0.189. The average molecular weight is 686 g/mol. The molecule has 0 atom stereocenters. The molecule has 0 saturated carbocycles. The van der Waals surface area contributed by atoms with Gasteiger partial charge in [-0.25, -0.2) is 14.0 Å². The van der Waals surface area contributed by atoms with Crippen molar-refractivity contribution >= 4 is 51.1 Å². The fourth-order valence-electron chi connectivity index (χ4n) is 5.40. The number of aromatic nitrogens is 2. The number of hydrogen-bond acceptors (Lipinski definition) is 4. The molecule has 1 aliphatic rings. The van der Waals surface area contributed by atoms with Gasteiger partial charge in [0.1, 0.15) is 12.4 Å². The molecule has 5 aromatic rings. The maximum atomic E-state index is 12.6. The number of hydrogen-bond donors (Lipinski definition) is 1. The van der Waals surface area contributed by atoms with Gasteiger partial charge in [0.2, 0.25) is 0 Å². The van der Waals surface area contributed by atoms with Gasteiger partial charge >= 0.3 is 10.2 Å². The maximum Gasteiger partial charge on any atom is 0.326 e. The van der Waals surface area contributed by atoms with Gasteiger partial charge in [0.15, 0.2) is 0 Å². The molecule has 0 radical (unpaired) electrons. The monoisotopic (exact) mass is 684 g/mol. The Hall–Kier alpha value is -4.37. The smallest absolute Gasteiger partial charge is 0.303 e. The Morgan fingerprint density at radius 3 is 2.21 bits per heavy atom. The van der Waals surface area contributed by atoms with Gasteiger partial charge in [0.25, 0.3) is 5.91 Å². The Morgan fingerprint density at radius 1 is 0.894 bits per heavy atom. The van der Waals surface area contributed by atoms with Crippen LogP contribution in [0, 0.1) is 5.41 Å². The highest BCUT2D eigenvalue weighted by molar-refractivity contribution is 7.92. The fourth-order valence-corrected chi connectivity index (χ4v) is 7.05. The summed E-state index contributed by atoms with van der Waals surface area (Å²) >= 11 is 12.7. The summed E-state index contributed by atoms with van der Waals surface area (Å²) in [6.07, 6.45) is 7.78. The number of carbonyl (C=O) groups is 1. The SMILES string of the molecule is CC(C)(C)C/C=C/c1ccc(-c2ccc(Cc3nc(-c4ccc(Cl)cc4Cl)cn3-c3cccc(N4CC(=O)NS4(=O)=O)c3)cc2)cc1. The second-order valence-electron chi connectivity index (χ2n) is 12.8. The Bertz CT molecular complexity index is 2080. The summed E-state index contributed by atoms with van der Waals surface area (Å²) < 4.78 is 30.1. The number of nitrogens with one attached hydrogen (secondary N) is 1. The van der Waals surface area contributed by atoms with Crippen LogP contribution >= 0.6 is 23.2 Å². The van der Waals surface area contributed by atoms with E-state index in [1.54, 1.807) is 30.3 Å². The van der Waals surface area contributed by atoms with E-state index < -0.39 is 16.1 Å². The van der Waals surface area contributed by atoms with Gasteiger partial charge in [-0.1, -0.05) is 111 Å². The van der Waals surface area contributed by atoms with Crippen molar-refractivity contribution in [1.82, 2.24) is 14.3 Å². The number of carbonyl (C=O) groups excluding carboxylic acids is 1. The first-order valence-electron chi connectivity index (χ1n) is 15.2. The van der Waals surface area contributed by atoms with Gasteiger partial charge in [0.05, 0.1) is 16.4 Å². The standard InChI is InChI=1S/C37H34Cl2N4O3S/c1-37(2,3)19-5-6-25-9-13-27(14-10-25)28-15-11-26(12-16-28)20-35-40-34(32-18-17-29(38)21-33(32)39)23-42(35)30-7-4-8-31(22-30)43-24-36(44)41-47(43,45)46/h4-18,21-23H,19-20,24H2,1-3H3,(H,41,44)/b6-5+. The van der Waals surface area contributed by atoms with Crippen LogP contribution in [0.1, 0.15) is 44.1 Å². The first-order valence-corrected chi connectivity index (χ1v) is 17.4. The van der Waals surface area contributed by atoms with Crippen LogP contribution in [0.3, 0.4) is 0 Å². The van der Waals surface area contributed by atoms with Crippen molar-refractivity contribution in [3.05, 3.63) is 130 Å². The molecule has 6 rings (SSSR count). The lowest BCUT2D eigenvalue weighted by atomic mass is 9.92. The summed E-state index contributed by atoms with van der Waals surface area (Å²) in [4.78, 5) is 16.9. The minimum atomic E-state index is -3.96. The molecular weight excluding hydrogens is 651 g/mol. The average Bonchev–Trinajstić information content (AvgIpc) is 3.55. The van der Waals surface area contributed by atoms with E-state index in [4.69, 9.17) is 28.2 Å². The molecule has 2 heterocycles. The lowest BCUT2D eigenvalue weighted by Crippen LogP contribution is -2.29. The first-order chi connectivity index (χ1) is 22.3. The zero-order valence-corrected chi connectivity index (χ0v) is 28.6. The van der Waals surface area contributed by atoms with Crippen LogP contribution in [0.5, 0.6) is 0 Å². The number of amides is 1. The van der Waals surface area contributed by atoms with Gasteiger partial charge in [0, 0.05) is 28.9 Å². The highest BCUT2D eigenvalue weighted by atomic mass is 35.5. The van der Waals surface area contributed by atoms with Crippen molar-refractivity contribution in [2.24, 2.45) is 5.41 Å². The molecule has 0 unspecified atom stereocenters. The molecule has 0 bridgehead atoms.